The Labute approximate surface area is 240 Å². The van der Waals surface area contributed by atoms with Gasteiger partial charge in [-0.15, -0.1) is 11.3 Å². The summed E-state index contributed by atoms with van der Waals surface area (Å²) in [6.45, 7) is 2.05. The highest BCUT2D eigenvalue weighted by molar-refractivity contribution is 7.12. The molecule has 2 aromatic heterocycles. The molecule has 0 unspecified atom stereocenters. The van der Waals surface area contributed by atoms with Crippen LogP contribution in [0.2, 0.25) is 0 Å². The molecule has 2 atom stereocenters. The van der Waals surface area contributed by atoms with Gasteiger partial charge in [-0.1, -0.05) is 24.3 Å². The second-order valence-electron chi connectivity index (χ2n) is 10.3. The predicted octanol–water partition coefficient (Wildman–Crippen LogP) is 4.82. The number of ether oxygens (including phenoxy) is 1. The van der Waals surface area contributed by atoms with Crippen molar-refractivity contribution < 1.29 is 19.1 Å². The Bertz CT molecular complexity index is 1700. The molecule has 2 amide bonds. The molecule has 2 aliphatic rings. The summed E-state index contributed by atoms with van der Waals surface area (Å²) in [5.41, 5.74) is 3.27. The zero-order valence-corrected chi connectivity index (χ0v) is 23.1. The maximum absolute atomic E-state index is 13.3. The van der Waals surface area contributed by atoms with E-state index in [4.69, 9.17) is 4.74 Å². The van der Waals surface area contributed by atoms with Crippen LogP contribution in [-0.4, -0.2) is 42.6 Å². The van der Waals surface area contributed by atoms with Gasteiger partial charge in [-0.3, -0.25) is 14.4 Å². The summed E-state index contributed by atoms with van der Waals surface area (Å²) >= 11 is 1.34. The van der Waals surface area contributed by atoms with Crippen molar-refractivity contribution in [3.8, 4) is 0 Å². The number of carbonyl (C=O) groups is 3. The molecule has 9 nitrogen and oxygen atoms in total. The molecule has 6 rings (SSSR count). The van der Waals surface area contributed by atoms with Crippen LogP contribution in [0.4, 0.5) is 17.1 Å². The van der Waals surface area contributed by atoms with E-state index >= 15 is 0 Å². The minimum atomic E-state index is -0.556. The van der Waals surface area contributed by atoms with Gasteiger partial charge in [0.25, 0.3) is 17.4 Å². The zero-order chi connectivity index (χ0) is 28.5. The quantitative estimate of drug-likeness (QED) is 0.323. The fourth-order valence-corrected chi connectivity index (χ4v) is 6.43. The molecule has 0 radical (unpaired) electrons. The number of nitrogens with zero attached hydrogens (tertiary/aromatic N) is 2. The number of rotatable bonds is 6. The lowest BCUT2D eigenvalue weighted by molar-refractivity contribution is 0.0601. The lowest BCUT2D eigenvalue weighted by Crippen LogP contribution is -2.47. The predicted molar refractivity (Wildman–Crippen MR) is 158 cm³/mol. The number of methoxy groups -OCH3 is 1. The molecule has 41 heavy (non-hydrogen) atoms. The van der Waals surface area contributed by atoms with Gasteiger partial charge < -0.3 is 24.8 Å². The number of carbonyl (C=O) groups excluding carboxylic acids is 3. The largest absolute Gasteiger partial charge is 0.465 e. The van der Waals surface area contributed by atoms with Gasteiger partial charge in [-0.2, -0.15) is 0 Å². The van der Waals surface area contributed by atoms with Crippen LogP contribution in [0.3, 0.4) is 0 Å². The van der Waals surface area contributed by atoms with Crippen molar-refractivity contribution in [2.45, 2.75) is 18.9 Å². The number of para-hydroxylation sites is 1. The zero-order valence-electron chi connectivity index (χ0n) is 22.3. The molecule has 0 aliphatic carbocycles. The van der Waals surface area contributed by atoms with Crippen molar-refractivity contribution in [2.24, 2.45) is 5.92 Å². The highest BCUT2D eigenvalue weighted by atomic mass is 32.1. The standard InChI is InChI=1S/C31H28N4O5S/c1-40-31(39)22-6-2-3-7-23(22)32-29(37)20-11-12-26(24(15-20)33-30(38)27-9-5-13-41-27)34-16-19-14-21(18-34)25-8-4-10-28(36)35(25)17-19/h2-13,15,19,21H,14,16-18H2,1H3,(H,32,37)(H,33,38)/t19-,21+/m1/s1. The van der Waals surface area contributed by atoms with E-state index in [1.165, 1.54) is 18.4 Å². The number of amides is 2. The Morgan fingerprint density at radius 2 is 1.71 bits per heavy atom. The first-order valence-corrected chi connectivity index (χ1v) is 14.2. The Kier molecular flexibility index (Phi) is 7.15. The van der Waals surface area contributed by atoms with Gasteiger partial charge in [0.15, 0.2) is 0 Å². The maximum atomic E-state index is 13.3. The number of fused-ring (bicyclic) bond motifs is 4. The van der Waals surface area contributed by atoms with Gasteiger partial charge in [-0.25, -0.2) is 4.79 Å². The first kappa shape index (κ1) is 26.5. The molecule has 2 bridgehead atoms. The fraction of sp³-hybridized carbons (Fsp3) is 0.226. The second kappa shape index (κ2) is 11.1. The van der Waals surface area contributed by atoms with Crippen LogP contribution in [0.25, 0.3) is 0 Å². The normalized spacial score (nSPS) is 17.3. The lowest BCUT2D eigenvalue weighted by atomic mass is 9.83. The molecule has 1 saturated heterocycles. The number of thiophene rings is 1. The number of anilines is 3. The molecule has 4 aromatic rings. The highest BCUT2D eigenvalue weighted by Gasteiger charge is 2.35. The smallest absolute Gasteiger partial charge is 0.339 e. The van der Waals surface area contributed by atoms with Gasteiger partial charge in [-0.05, 0) is 60.2 Å². The first-order chi connectivity index (χ1) is 19.9. The van der Waals surface area contributed by atoms with Crippen molar-refractivity contribution in [3.63, 3.8) is 0 Å². The molecule has 0 saturated carbocycles. The molecule has 4 heterocycles. The molecule has 1 fully saturated rings. The SMILES string of the molecule is COC(=O)c1ccccc1NC(=O)c1ccc(N2C[C@H]3C[C@@H](C2)c2cccc(=O)n2C3)c(NC(=O)c2cccs2)c1. The summed E-state index contributed by atoms with van der Waals surface area (Å²) in [5.74, 6) is -0.790. The Hall–Kier alpha value is -4.70. The number of hydrogen-bond donors (Lipinski definition) is 2. The molecule has 208 valence electrons. The summed E-state index contributed by atoms with van der Waals surface area (Å²) in [7, 11) is 1.29. The number of esters is 1. The van der Waals surface area contributed by atoms with Crippen molar-refractivity contribution in [1.82, 2.24) is 4.57 Å². The average Bonchev–Trinajstić information content (AvgIpc) is 3.53. The monoisotopic (exact) mass is 568 g/mol. The van der Waals surface area contributed by atoms with Gasteiger partial charge in [0.2, 0.25) is 0 Å². The van der Waals surface area contributed by atoms with E-state index < -0.39 is 11.9 Å². The number of aromatic nitrogens is 1. The number of benzene rings is 2. The summed E-state index contributed by atoms with van der Waals surface area (Å²) in [6.07, 6.45) is 0.997. The maximum Gasteiger partial charge on any atom is 0.339 e. The van der Waals surface area contributed by atoms with Crippen LogP contribution in [-0.2, 0) is 11.3 Å². The van der Waals surface area contributed by atoms with E-state index in [0.29, 0.717) is 34.9 Å². The summed E-state index contributed by atoms with van der Waals surface area (Å²) < 4.78 is 6.73. The number of nitrogens with one attached hydrogen (secondary N) is 2. The van der Waals surface area contributed by atoms with Crippen LogP contribution >= 0.6 is 11.3 Å². The third-order valence-corrected chi connectivity index (χ3v) is 8.52. The first-order valence-electron chi connectivity index (χ1n) is 13.3. The molecule has 10 heteroatoms. The molecule has 2 N–H and O–H groups in total. The van der Waals surface area contributed by atoms with E-state index in [2.05, 4.69) is 15.5 Å². The average molecular weight is 569 g/mol. The van der Waals surface area contributed by atoms with Crippen LogP contribution in [0.1, 0.15) is 48.4 Å². The van der Waals surface area contributed by atoms with Crippen molar-refractivity contribution >= 4 is 46.2 Å². The van der Waals surface area contributed by atoms with E-state index in [1.807, 2.05) is 34.2 Å². The third-order valence-electron chi connectivity index (χ3n) is 7.65. The topological polar surface area (TPSA) is 110 Å². The Morgan fingerprint density at radius 3 is 2.51 bits per heavy atom. The molecular formula is C31H28N4O5S. The number of piperidine rings is 1. The molecular weight excluding hydrogens is 540 g/mol. The number of pyridine rings is 1. The summed E-state index contributed by atoms with van der Waals surface area (Å²) in [5, 5.41) is 7.66. The van der Waals surface area contributed by atoms with E-state index in [9.17, 15) is 19.2 Å². The van der Waals surface area contributed by atoms with Gasteiger partial charge >= 0.3 is 5.97 Å². The van der Waals surface area contributed by atoms with Crippen LogP contribution in [0.15, 0.2) is 83.0 Å². The van der Waals surface area contributed by atoms with E-state index in [-0.39, 0.29) is 28.9 Å². The molecule has 2 aliphatic heterocycles. The van der Waals surface area contributed by atoms with Crippen LogP contribution in [0.5, 0.6) is 0 Å². The van der Waals surface area contributed by atoms with E-state index in [1.54, 1.807) is 48.5 Å². The van der Waals surface area contributed by atoms with Crippen LogP contribution < -0.4 is 21.1 Å². The second-order valence-corrected chi connectivity index (χ2v) is 11.2. The van der Waals surface area contributed by atoms with Crippen molar-refractivity contribution in [1.29, 1.82) is 0 Å². The van der Waals surface area contributed by atoms with Gasteiger partial charge in [0.05, 0.1) is 34.6 Å². The van der Waals surface area contributed by atoms with Crippen molar-refractivity contribution in [2.75, 3.05) is 35.7 Å². The van der Waals surface area contributed by atoms with E-state index in [0.717, 1.165) is 24.3 Å². The minimum absolute atomic E-state index is 0.0266. The van der Waals surface area contributed by atoms with Gasteiger partial charge in [0, 0.05) is 42.9 Å². The lowest BCUT2D eigenvalue weighted by Gasteiger charge is -2.44. The summed E-state index contributed by atoms with van der Waals surface area (Å²) in [4.78, 5) is 53.9. The minimum Gasteiger partial charge on any atom is -0.465 e. The fourth-order valence-electron chi connectivity index (χ4n) is 5.81. The van der Waals surface area contributed by atoms with Crippen LogP contribution in [0, 0.1) is 5.92 Å². The highest BCUT2D eigenvalue weighted by Crippen LogP contribution is 2.39. The molecule has 0 spiro atoms. The Morgan fingerprint density at radius 1 is 0.878 bits per heavy atom. The Balaban J connectivity index is 1.32. The molecule has 2 aromatic carbocycles. The third kappa shape index (κ3) is 5.26. The van der Waals surface area contributed by atoms with Gasteiger partial charge in [0.1, 0.15) is 0 Å². The number of hydrogen-bond acceptors (Lipinski definition) is 7. The van der Waals surface area contributed by atoms with Crippen molar-refractivity contribution in [3.05, 3.63) is 110 Å². The summed E-state index contributed by atoms with van der Waals surface area (Å²) in [6, 6.07) is 20.9.